The lowest BCUT2D eigenvalue weighted by Crippen LogP contribution is -2.07. The van der Waals surface area contributed by atoms with Crippen LogP contribution in [0, 0.1) is 0 Å². The summed E-state index contributed by atoms with van der Waals surface area (Å²) in [6.07, 6.45) is 3.19. The van der Waals surface area contributed by atoms with E-state index in [0.717, 1.165) is 16.9 Å². The molecule has 0 saturated heterocycles. The third-order valence-corrected chi connectivity index (χ3v) is 6.56. The smallest absolute Gasteiger partial charge is 0.233 e. The normalized spacial score (nSPS) is 10.7. The summed E-state index contributed by atoms with van der Waals surface area (Å²) in [6, 6.07) is 27.3. The number of halogens is 1. The Labute approximate surface area is 259 Å². The number of benzene rings is 4. The first-order valence-electron chi connectivity index (χ1n) is 13.4. The number of rotatable bonds is 12. The van der Waals surface area contributed by atoms with Crippen molar-refractivity contribution in [3.8, 4) is 17.2 Å². The fourth-order valence-electron chi connectivity index (χ4n) is 4.17. The Morgan fingerprint density at radius 1 is 0.659 bits per heavy atom. The third-order valence-electron chi connectivity index (χ3n) is 6.31. The summed E-state index contributed by atoms with van der Waals surface area (Å²) in [7, 11) is 4.62. The van der Waals surface area contributed by atoms with Crippen LogP contribution in [0.3, 0.4) is 0 Å². The number of allylic oxidation sites excluding steroid dienone is 1. The number of ketones is 1. The van der Waals surface area contributed by atoms with Crippen molar-refractivity contribution >= 4 is 58.4 Å². The summed E-state index contributed by atoms with van der Waals surface area (Å²) in [5, 5.41) is 10.2. The van der Waals surface area contributed by atoms with Crippen molar-refractivity contribution in [2.24, 2.45) is 0 Å². The summed E-state index contributed by atoms with van der Waals surface area (Å²) in [5.41, 5.74) is 3.50. The van der Waals surface area contributed by atoms with Crippen molar-refractivity contribution < 1.29 is 19.0 Å². The molecule has 0 aliphatic heterocycles. The second kappa shape index (κ2) is 14.0. The average molecular weight is 609 g/mol. The zero-order valence-electron chi connectivity index (χ0n) is 24.2. The molecule has 3 N–H and O–H groups in total. The molecular weight excluding hydrogens is 580 g/mol. The molecule has 10 nitrogen and oxygen atoms in total. The molecule has 4 aromatic carbocycles. The van der Waals surface area contributed by atoms with Gasteiger partial charge in [0.2, 0.25) is 23.6 Å². The molecule has 0 unspecified atom stereocenters. The molecule has 0 atom stereocenters. The van der Waals surface area contributed by atoms with Crippen LogP contribution in [0.25, 0.3) is 6.08 Å². The molecule has 0 aliphatic carbocycles. The molecule has 0 amide bonds. The molecule has 1 aromatic heterocycles. The summed E-state index contributed by atoms with van der Waals surface area (Å²) >= 11 is 6.03. The topological polar surface area (TPSA) is 120 Å². The van der Waals surface area contributed by atoms with E-state index in [1.54, 1.807) is 68.8 Å². The number of hydrogen-bond donors (Lipinski definition) is 3. The van der Waals surface area contributed by atoms with Gasteiger partial charge in [-0.3, -0.25) is 4.79 Å². The number of nitrogens with zero attached hydrogens (tertiary/aromatic N) is 3. The number of methoxy groups -OCH3 is 3. The summed E-state index contributed by atoms with van der Waals surface area (Å²) in [5.74, 6) is 2.28. The van der Waals surface area contributed by atoms with Crippen LogP contribution < -0.4 is 30.2 Å². The Morgan fingerprint density at radius 3 is 1.61 bits per heavy atom. The lowest BCUT2D eigenvalue weighted by Gasteiger charge is -2.12. The Kier molecular flexibility index (Phi) is 9.53. The molecule has 5 rings (SSSR count). The minimum absolute atomic E-state index is 0.172. The van der Waals surface area contributed by atoms with Crippen molar-refractivity contribution in [1.29, 1.82) is 0 Å². The van der Waals surface area contributed by atoms with Gasteiger partial charge in [-0.05, 0) is 84.4 Å². The molecule has 1 heterocycles. The van der Waals surface area contributed by atoms with Gasteiger partial charge in [0.25, 0.3) is 0 Å². The summed E-state index contributed by atoms with van der Waals surface area (Å²) in [4.78, 5) is 26.5. The molecule has 11 heteroatoms. The third kappa shape index (κ3) is 7.61. The first-order valence-corrected chi connectivity index (χ1v) is 13.8. The van der Waals surface area contributed by atoms with Gasteiger partial charge in [-0.2, -0.15) is 15.0 Å². The monoisotopic (exact) mass is 608 g/mol. The minimum atomic E-state index is -0.172. The number of aromatic nitrogens is 3. The molecule has 0 fully saturated rings. The van der Waals surface area contributed by atoms with Gasteiger partial charge in [-0.1, -0.05) is 35.9 Å². The maximum Gasteiger partial charge on any atom is 0.233 e. The summed E-state index contributed by atoms with van der Waals surface area (Å²) in [6.45, 7) is 0. The zero-order chi connectivity index (χ0) is 30.9. The van der Waals surface area contributed by atoms with E-state index in [-0.39, 0.29) is 5.78 Å². The molecule has 0 radical (unpaired) electrons. The Morgan fingerprint density at radius 2 is 1.14 bits per heavy atom. The van der Waals surface area contributed by atoms with E-state index in [2.05, 4.69) is 30.9 Å². The van der Waals surface area contributed by atoms with E-state index in [1.807, 2.05) is 42.5 Å². The van der Waals surface area contributed by atoms with E-state index in [9.17, 15) is 4.79 Å². The van der Waals surface area contributed by atoms with Gasteiger partial charge < -0.3 is 30.2 Å². The lowest BCUT2D eigenvalue weighted by atomic mass is 10.1. The number of para-hydroxylation sites is 1. The van der Waals surface area contributed by atoms with Crippen molar-refractivity contribution in [2.75, 3.05) is 37.3 Å². The van der Waals surface area contributed by atoms with E-state index < -0.39 is 0 Å². The van der Waals surface area contributed by atoms with Crippen LogP contribution >= 0.6 is 11.6 Å². The SMILES string of the molecule is COc1cc(/C=C/C(=O)c2ccc(Nc3nc(Nc4ccccc4)nc(Nc4ccc(Cl)cc4)n3)cc2)cc(OC)c1OC. The van der Waals surface area contributed by atoms with Gasteiger partial charge in [0.05, 0.1) is 21.3 Å². The summed E-state index contributed by atoms with van der Waals surface area (Å²) < 4.78 is 16.1. The highest BCUT2D eigenvalue weighted by atomic mass is 35.5. The first kappa shape index (κ1) is 29.9. The fraction of sp³-hybridized carbons (Fsp3) is 0.0909. The Balaban J connectivity index is 1.33. The largest absolute Gasteiger partial charge is 0.493 e. The standard InChI is InChI=1S/C33H29ClN6O4/c1-42-28-19-21(20-29(43-2)30(28)44-3)9-18-27(41)22-10-14-25(15-11-22)36-32-38-31(35-24-7-5-4-6-8-24)39-33(40-32)37-26-16-12-23(34)13-17-26/h4-20H,1-3H3,(H3,35,36,37,38,39,40)/b18-9+. The first-order chi connectivity index (χ1) is 21.4. The highest BCUT2D eigenvalue weighted by Gasteiger charge is 2.13. The molecule has 0 saturated carbocycles. The number of hydrogen-bond acceptors (Lipinski definition) is 10. The maximum absolute atomic E-state index is 12.9. The zero-order valence-corrected chi connectivity index (χ0v) is 24.9. The number of nitrogens with one attached hydrogen (secondary N) is 3. The number of carbonyl (C=O) groups is 1. The quantitative estimate of drug-likeness (QED) is 0.0960. The van der Waals surface area contributed by atoms with Crippen LogP contribution in [-0.4, -0.2) is 42.1 Å². The van der Waals surface area contributed by atoms with Crippen LogP contribution in [0.15, 0.2) is 97.1 Å². The van der Waals surface area contributed by atoms with Crippen molar-refractivity contribution in [2.45, 2.75) is 0 Å². The van der Waals surface area contributed by atoms with E-state index >= 15 is 0 Å². The predicted molar refractivity (Wildman–Crippen MR) is 173 cm³/mol. The van der Waals surface area contributed by atoms with Gasteiger partial charge >= 0.3 is 0 Å². The average Bonchev–Trinajstić information content (AvgIpc) is 3.05. The Hall–Kier alpha value is -5.61. The number of ether oxygens (including phenoxy) is 3. The van der Waals surface area contributed by atoms with Gasteiger partial charge in [0.15, 0.2) is 17.3 Å². The van der Waals surface area contributed by atoms with E-state index in [4.69, 9.17) is 25.8 Å². The lowest BCUT2D eigenvalue weighted by molar-refractivity contribution is 0.104. The molecule has 5 aromatic rings. The second-order valence-corrected chi connectivity index (χ2v) is 9.72. The van der Waals surface area contributed by atoms with Crippen LogP contribution in [0.4, 0.5) is 34.9 Å². The Bertz CT molecular complexity index is 1740. The fourth-order valence-corrected chi connectivity index (χ4v) is 4.30. The number of carbonyl (C=O) groups excluding carboxylic acids is 1. The minimum Gasteiger partial charge on any atom is -0.493 e. The van der Waals surface area contributed by atoms with Crippen molar-refractivity contribution in [1.82, 2.24) is 15.0 Å². The van der Waals surface area contributed by atoms with E-state index in [0.29, 0.717) is 51.4 Å². The van der Waals surface area contributed by atoms with Crippen molar-refractivity contribution in [3.63, 3.8) is 0 Å². The maximum atomic E-state index is 12.9. The predicted octanol–water partition coefficient (Wildman–Crippen LogP) is 7.68. The van der Waals surface area contributed by atoms with Crippen LogP contribution in [-0.2, 0) is 0 Å². The van der Waals surface area contributed by atoms with E-state index in [1.165, 1.54) is 13.2 Å². The van der Waals surface area contributed by atoms with Gasteiger partial charge in [0.1, 0.15) is 0 Å². The number of anilines is 6. The van der Waals surface area contributed by atoms with Crippen molar-refractivity contribution in [3.05, 3.63) is 113 Å². The molecular formula is C33H29ClN6O4. The second-order valence-electron chi connectivity index (χ2n) is 9.29. The van der Waals surface area contributed by atoms with Crippen LogP contribution in [0.2, 0.25) is 5.02 Å². The molecule has 0 spiro atoms. The molecule has 0 bridgehead atoms. The van der Waals surface area contributed by atoms with Gasteiger partial charge in [-0.25, -0.2) is 0 Å². The highest BCUT2D eigenvalue weighted by molar-refractivity contribution is 6.30. The van der Waals surface area contributed by atoms with Crippen LogP contribution in [0.1, 0.15) is 15.9 Å². The van der Waals surface area contributed by atoms with Crippen LogP contribution in [0.5, 0.6) is 17.2 Å². The van der Waals surface area contributed by atoms with Gasteiger partial charge in [-0.15, -0.1) is 0 Å². The molecule has 44 heavy (non-hydrogen) atoms. The molecule has 0 aliphatic rings. The van der Waals surface area contributed by atoms with Gasteiger partial charge in [0, 0.05) is 27.6 Å². The molecule has 222 valence electrons. The highest BCUT2D eigenvalue weighted by Crippen LogP contribution is 2.38.